The normalized spacial score (nSPS) is 32.6. The minimum atomic E-state index is 0.257. The molecule has 3 aliphatic rings. The van der Waals surface area contributed by atoms with Crippen molar-refractivity contribution in [3.8, 4) is 0 Å². The minimum absolute atomic E-state index is 0.257. The summed E-state index contributed by atoms with van der Waals surface area (Å²) < 4.78 is 0. The van der Waals surface area contributed by atoms with Crippen LogP contribution >= 0.6 is 0 Å². The highest BCUT2D eigenvalue weighted by molar-refractivity contribution is 5.78. The molecule has 3 rings (SSSR count). The van der Waals surface area contributed by atoms with Crippen molar-refractivity contribution < 1.29 is 4.79 Å². The molecule has 4 heteroatoms. The summed E-state index contributed by atoms with van der Waals surface area (Å²) in [7, 11) is 0. The average Bonchev–Trinajstić information content (AvgIpc) is 3.11. The lowest BCUT2D eigenvalue weighted by Crippen LogP contribution is -2.47. The molecule has 3 fully saturated rings. The van der Waals surface area contributed by atoms with Crippen molar-refractivity contribution in [1.29, 1.82) is 0 Å². The van der Waals surface area contributed by atoms with Crippen LogP contribution in [-0.4, -0.2) is 49.1 Å². The van der Waals surface area contributed by atoms with Gasteiger partial charge in [0.15, 0.2) is 0 Å². The van der Waals surface area contributed by atoms with Crippen LogP contribution in [-0.2, 0) is 4.79 Å². The van der Waals surface area contributed by atoms with Crippen LogP contribution in [0.4, 0.5) is 0 Å². The van der Waals surface area contributed by atoms with Crippen molar-refractivity contribution in [1.82, 2.24) is 15.5 Å². The molecule has 2 N–H and O–H groups in total. The van der Waals surface area contributed by atoms with Crippen molar-refractivity contribution in [3.05, 3.63) is 0 Å². The SMILES string of the molecule is O=C(CN1CCCC1C1CCCNC1)NC1CCCC1. The lowest BCUT2D eigenvalue weighted by molar-refractivity contribution is -0.123. The number of nitrogens with one attached hydrogen (secondary N) is 2. The first-order valence-electron chi connectivity index (χ1n) is 8.57. The number of likely N-dealkylation sites (tertiary alicyclic amines) is 1. The molecule has 114 valence electrons. The Morgan fingerprint density at radius 3 is 2.70 bits per heavy atom. The van der Waals surface area contributed by atoms with Gasteiger partial charge in [-0.2, -0.15) is 0 Å². The van der Waals surface area contributed by atoms with Gasteiger partial charge in [-0.1, -0.05) is 12.8 Å². The summed E-state index contributed by atoms with van der Waals surface area (Å²) in [6.45, 7) is 4.05. The van der Waals surface area contributed by atoms with E-state index in [4.69, 9.17) is 0 Å². The molecule has 0 radical (unpaired) electrons. The number of rotatable bonds is 4. The molecular weight excluding hydrogens is 250 g/mol. The Morgan fingerprint density at radius 2 is 1.95 bits per heavy atom. The zero-order valence-electron chi connectivity index (χ0n) is 12.6. The number of carbonyl (C=O) groups excluding carboxylic acids is 1. The van der Waals surface area contributed by atoms with Gasteiger partial charge in [0.1, 0.15) is 0 Å². The monoisotopic (exact) mass is 279 g/mol. The maximum absolute atomic E-state index is 12.2. The second kappa shape index (κ2) is 6.90. The third kappa shape index (κ3) is 3.53. The van der Waals surface area contributed by atoms with Crippen molar-refractivity contribution >= 4 is 5.91 Å². The summed E-state index contributed by atoms with van der Waals surface area (Å²) in [5, 5.41) is 6.75. The highest BCUT2D eigenvalue weighted by atomic mass is 16.2. The molecule has 1 amide bonds. The van der Waals surface area contributed by atoms with Gasteiger partial charge >= 0.3 is 0 Å². The Kier molecular flexibility index (Phi) is 4.94. The van der Waals surface area contributed by atoms with E-state index in [2.05, 4.69) is 15.5 Å². The highest BCUT2D eigenvalue weighted by Crippen LogP contribution is 2.28. The molecule has 2 aliphatic heterocycles. The molecule has 0 aromatic carbocycles. The minimum Gasteiger partial charge on any atom is -0.352 e. The molecule has 1 saturated carbocycles. The van der Waals surface area contributed by atoms with Gasteiger partial charge in [-0.15, -0.1) is 0 Å². The smallest absolute Gasteiger partial charge is 0.234 e. The van der Waals surface area contributed by atoms with E-state index in [0.717, 1.165) is 19.0 Å². The number of carbonyl (C=O) groups is 1. The molecule has 4 nitrogen and oxygen atoms in total. The Bertz CT molecular complexity index is 322. The van der Waals surface area contributed by atoms with Crippen LogP contribution in [0.15, 0.2) is 0 Å². The molecule has 20 heavy (non-hydrogen) atoms. The van der Waals surface area contributed by atoms with E-state index >= 15 is 0 Å². The molecule has 0 aromatic heterocycles. The third-order valence-corrected chi connectivity index (χ3v) is 5.36. The van der Waals surface area contributed by atoms with Gasteiger partial charge in [-0.3, -0.25) is 9.69 Å². The van der Waals surface area contributed by atoms with Gasteiger partial charge in [-0.25, -0.2) is 0 Å². The summed E-state index contributed by atoms with van der Waals surface area (Å²) in [6, 6.07) is 1.09. The second-order valence-corrected chi connectivity index (χ2v) is 6.84. The molecular formula is C16H29N3O. The van der Waals surface area contributed by atoms with Crippen molar-refractivity contribution in [2.45, 2.75) is 63.5 Å². The van der Waals surface area contributed by atoms with Gasteiger partial charge in [0.05, 0.1) is 6.54 Å². The molecule has 2 unspecified atom stereocenters. The predicted octanol–water partition coefficient (Wildman–Crippen LogP) is 1.51. The van der Waals surface area contributed by atoms with E-state index in [1.165, 1.54) is 57.9 Å². The molecule has 2 atom stereocenters. The number of hydrogen-bond acceptors (Lipinski definition) is 3. The summed E-state index contributed by atoms with van der Waals surface area (Å²) >= 11 is 0. The summed E-state index contributed by atoms with van der Waals surface area (Å²) in [5.74, 6) is 1.01. The van der Waals surface area contributed by atoms with Crippen LogP contribution in [0.1, 0.15) is 51.4 Å². The lowest BCUT2D eigenvalue weighted by Gasteiger charge is -2.34. The van der Waals surface area contributed by atoms with Gasteiger partial charge < -0.3 is 10.6 Å². The lowest BCUT2D eigenvalue weighted by atomic mass is 9.90. The Hall–Kier alpha value is -0.610. The topological polar surface area (TPSA) is 44.4 Å². The van der Waals surface area contributed by atoms with Crippen LogP contribution in [0.25, 0.3) is 0 Å². The summed E-state index contributed by atoms with van der Waals surface area (Å²) in [6.07, 6.45) is 10.1. The summed E-state index contributed by atoms with van der Waals surface area (Å²) in [5.41, 5.74) is 0. The van der Waals surface area contributed by atoms with E-state index in [9.17, 15) is 4.79 Å². The molecule has 2 saturated heterocycles. The Labute approximate surface area is 122 Å². The number of hydrogen-bond donors (Lipinski definition) is 2. The van der Waals surface area contributed by atoms with Crippen LogP contribution in [0.2, 0.25) is 0 Å². The Balaban J connectivity index is 1.48. The zero-order chi connectivity index (χ0) is 13.8. The molecule has 0 aromatic rings. The standard InChI is InChI=1S/C16H29N3O/c20-16(18-14-6-1-2-7-14)12-19-10-4-8-15(19)13-5-3-9-17-11-13/h13-15,17H,1-12H2,(H,18,20). The second-order valence-electron chi connectivity index (χ2n) is 6.84. The predicted molar refractivity (Wildman–Crippen MR) is 80.6 cm³/mol. The number of nitrogens with zero attached hydrogens (tertiary/aromatic N) is 1. The van der Waals surface area contributed by atoms with Crippen LogP contribution in [0.5, 0.6) is 0 Å². The maximum Gasteiger partial charge on any atom is 0.234 e. The highest BCUT2D eigenvalue weighted by Gasteiger charge is 2.33. The van der Waals surface area contributed by atoms with E-state index in [1.807, 2.05) is 0 Å². The van der Waals surface area contributed by atoms with Crippen molar-refractivity contribution in [2.24, 2.45) is 5.92 Å². The average molecular weight is 279 g/mol. The van der Waals surface area contributed by atoms with Gasteiger partial charge in [0.25, 0.3) is 0 Å². The van der Waals surface area contributed by atoms with Gasteiger partial charge in [-0.05, 0) is 64.1 Å². The number of amides is 1. The van der Waals surface area contributed by atoms with Crippen LogP contribution < -0.4 is 10.6 Å². The third-order valence-electron chi connectivity index (χ3n) is 5.36. The zero-order valence-corrected chi connectivity index (χ0v) is 12.6. The van der Waals surface area contributed by atoms with Crippen molar-refractivity contribution in [3.63, 3.8) is 0 Å². The maximum atomic E-state index is 12.2. The van der Waals surface area contributed by atoms with E-state index < -0.39 is 0 Å². The largest absolute Gasteiger partial charge is 0.352 e. The van der Waals surface area contributed by atoms with Crippen molar-refractivity contribution in [2.75, 3.05) is 26.2 Å². The van der Waals surface area contributed by atoms with Crippen LogP contribution in [0, 0.1) is 5.92 Å². The number of piperidine rings is 1. The first kappa shape index (κ1) is 14.3. The Morgan fingerprint density at radius 1 is 1.10 bits per heavy atom. The molecule has 1 aliphatic carbocycles. The summed E-state index contributed by atoms with van der Waals surface area (Å²) in [4.78, 5) is 14.7. The van der Waals surface area contributed by atoms with E-state index in [-0.39, 0.29) is 5.91 Å². The molecule has 2 heterocycles. The van der Waals surface area contributed by atoms with Gasteiger partial charge in [0, 0.05) is 12.1 Å². The first-order valence-corrected chi connectivity index (χ1v) is 8.57. The molecule has 0 spiro atoms. The molecule has 0 bridgehead atoms. The van der Waals surface area contributed by atoms with E-state index in [0.29, 0.717) is 18.6 Å². The van der Waals surface area contributed by atoms with E-state index in [1.54, 1.807) is 0 Å². The fourth-order valence-corrected chi connectivity index (χ4v) is 4.32. The van der Waals surface area contributed by atoms with Crippen LogP contribution in [0.3, 0.4) is 0 Å². The fourth-order valence-electron chi connectivity index (χ4n) is 4.32. The quantitative estimate of drug-likeness (QED) is 0.820. The van der Waals surface area contributed by atoms with Gasteiger partial charge in [0.2, 0.25) is 5.91 Å². The first-order chi connectivity index (χ1) is 9.83. The fraction of sp³-hybridized carbons (Fsp3) is 0.938.